The Hall–Kier alpha value is -0.887. The van der Waals surface area contributed by atoms with Crippen LogP contribution in [0.2, 0.25) is 9.02 Å². The van der Waals surface area contributed by atoms with Crippen molar-refractivity contribution in [2.75, 3.05) is 0 Å². The maximum Gasteiger partial charge on any atom is 0.339 e. The maximum absolute atomic E-state index is 10.3. The van der Waals surface area contributed by atoms with Gasteiger partial charge in [-0.3, -0.25) is 0 Å². The molecule has 0 aliphatic heterocycles. The molecule has 0 saturated heterocycles. The first-order valence-corrected chi connectivity index (χ1v) is 12.6. The van der Waals surface area contributed by atoms with Crippen molar-refractivity contribution in [2.24, 2.45) is 0 Å². The number of aromatic carboxylic acids is 1. The zero-order valence-electron chi connectivity index (χ0n) is 14.0. The van der Waals surface area contributed by atoms with Crippen LogP contribution in [0.4, 0.5) is 0 Å². The standard InChI is InChI=1S/C7H6O3.2C6H11.Zn/c8-6-4-2-1-3-5(6)7(9)10;2*1-2-4-6-5-3-1;/h1-4,8H,(H,9,10);2*1H,2-6H2;. The normalized spacial score (nSPS) is 19.3. The topological polar surface area (TPSA) is 57.5 Å². The number of carboxylic acid groups (broad SMARTS) is 1. The molecule has 2 N–H and O–H groups in total. The molecular formula is C19H28O3Zn. The van der Waals surface area contributed by atoms with E-state index in [1.165, 1.54) is 21.2 Å². The van der Waals surface area contributed by atoms with Gasteiger partial charge < -0.3 is 10.2 Å². The molecule has 124 valence electrons. The zero-order valence-corrected chi connectivity index (χ0v) is 17.0. The van der Waals surface area contributed by atoms with Gasteiger partial charge in [-0.2, -0.15) is 0 Å². The van der Waals surface area contributed by atoms with E-state index in [0.29, 0.717) is 0 Å². The SMILES string of the molecule is C1CC[CH]([Zn][CH]2CCCCC2)CC1.O=C(O)c1ccccc1O. The van der Waals surface area contributed by atoms with Crippen molar-refractivity contribution in [3.63, 3.8) is 0 Å². The smallest absolute Gasteiger partial charge is 0.339 e. The molecular weight excluding hydrogens is 342 g/mol. The van der Waals surface area contributed by atoms with Gasteiger partial charge in [0.05, 0.1) is 0 Å². The van der Waals surface area contributed by atoms with Crippen molar-refractivity contribution >= 4 is 5.97 Å². The summed E-state index contributed by atoms with van der Waals surface area (Å²) in [6.07, 6.45) is 15.9. The van der Waals surface area contributed by atoms with E-state index >= 15 is 0 Å². The Morgan fingerprint density at radius 1 is 0.870 bits per heavy atom. The van der Waals surface area contributed by atoms with E-state index in [4.69, 9.17) is 10.2 Å². The van der Waals surface area contributed by atoms with Crippen LogP contribution in [0.1, 0.15) is 74.6 Å². The van der Waals surface area contributed by atoms with Crippen LogP contribution < -0.4 is 0 Å². The fourth-order valence-electron chi connectivity index (χ4n) is 3.97. The molecule has 0 bridgehead atoms. The van der Waals surface area contributed by atoms with E-state index in [2.05, 4.69) is 0 Å². The second-order valence-corrected chi connectivity index (χ2v) is 12.9. The molecule has 1 aromatic rings. The maximum atomic E-state index is 10.3. The number of phenols is 1. The number of carboxylic acids is 1. The third-order valence-electron chi connectivity index (χ3n) is 5.25. The number of benzene rings is 1. The average molecular weight is 370 g/mol. The van der Waals surface area contributed by atoms with Gasteiger partial charge in [0.2, 0.25) is 0 Å². The van der Waals surface area contributed by atoms with E-state index in [-0.39, 0.29) is 28.4 Å². The minimum atomic E-state index is -1.11. The molecule has 2 saturated carbocycles. The summed E-state index contributed by atoms with van der Waals surface area (Å²) in [5.41, 5.74) is -0.0671. The summed E-state index contributed by atoms with van der Waals surface area (Å²) in [5, 5.41) is 17.3. The van der Waals surface area contributed by atoms with Crippen LogP contribution >= 0.6 is 0 Å². The van der Waals surface area contributed by atoms with E-state index in [1.54, 1.807) is 76.3 Å². The largest absolute Gasteiger partial charge is 0.507 e. The summed E-state index contributed by atoms with van der Waals surface area (Å²) in [6, 6.07) is 5.81. The molecule has 2 aliphatic carbocycles. The van der Waals surface area contributed by atoms with Gasteiger partial charge >= 0.3 is 96.3 Å². The third-order valence-corrected chi connectivity index (χ3v) is 11.5. The Morgan fingerprint density at radius 3 is 1.74 bits per heavy atom. The van der Waals surface area contributed by atoms with Crippen molar-refractivity contribution in [1.82, 2.24) is 0 Å². The van der Waals surface area contributed by atoms with Crippen LogP contribution in [0, 0.1) is 0 Å². The average Bonchev–Trinajstić information content (AvgIpc) is 2.57. The van der Waals surface area contributed by atoms with Crippen molar-refractivity contribution in [2.45, 2.75) is 73.2 Å². The number of para-hydroxylation sites is 1. The van der Waals surface area contributed by atoms with E-state index < -0.39 is 5.97 Å². The van der Waals surface area contributed by atoms with Gasteiger partial charge in [0.15, 0.2) is 0 Å². The van der Waals surface area contributed by atoms with E-state index in [0.717, 1.165) is 0 Å². The molecule has 4 heteroatoms. The number of hydrogen-bond donors (Lipinski definition) is 2. The molecule has 2 aliphatic rings. The molecule has 3 rings (SSSR count). The van der Waals surface area contributed by atoms with Crippen LogP contribution in [0.15, 0.2) is 24.3 Å². The van der Waals surface area contributed by atoms with Crippen LogP contribution in [-0.4, -0.2) is 16.2 Å². The quantitative estimate of drug-likeness (QED) is 0.675. The number of hydrogen-bond acceptors (Lipinski definition) is 2. The van der Waals surface area contributed by atoms with Crippen molar-refractivity contribution in [3.05, 3.63) is 29.8 Å². The Morgan fingerprint density at radius 2 is 1.35 bits per heavy atom. The second kappa shape index (κ2) is 10.1. The first kappa shape index (κ1) is 18.5. The predicted molar refractivity (Wildman–Crippen MR) is 88.7 cm³/mol. The molecule has 0 amide bonds. The van der Waals surface area contributed by atoms with Crippen LogP contribution in [0.3, 0.4) is 0 Å². The van der Waals surface area contributed by atoms with E-state index in [1.807, 2.05) is 0 Å². The van der Waals surface area contributed by atoms with E-state index in [9.17, 15) is 4.79 Å². The zero-order chi connectivity index (χ0) is 16.5. The van der Waals surface area contributed by atoms with Gasteiger partial charge in [-0.05, 0) is 12.1 Å². The van der Waals surface area contributed by atoms with Crippen LogP contribution in [0.5, 0.6) is 5.75 Å². The van der Waals surface area contributed by atoms with Crippen LogP contribution in [0.25, 0.3) is 0 Å². The molecule has 2 fully saturated rings. The molecule has 0 spiro atoms. The monoisotopic (exact) mass is 368 g/mol. The van der Waals surface area contributed by atoms with Crippen molar-refractivity contribution in [1.29, 1.82) is 0 Å². The summed E-state index contributed by atoms with van der Waals surface area (Å²) in [5.74, 6) is -1.31. The number of rotatable bonds is 3. The summed E-state index contributed by atoms with van der Waals surface area (Å²) >= 11 is -0.123. The molecule has 0 heterocycles. The first-order valence-electron chi connectivity index (χ1n) is 9.18. The van der Waals surface area contributed by atoms with Crippen molar-refractivity contribution < 1.29 is 32.1 Å². The van der Waals surface area contributed by atoms with Gasteiger partial charge in [0.25, 0.3) is 0 Å². The predicted octanol–water partition coefficient (Wildman–Crippen LogP) is 5.66. The van der Waals surface area contributed by atoms with Crippen LogP contribution in [-0.2, 0) is 17.1 Å². The summed E-state index contributed by atoms with van der Waals surface area (Å²) in [7, 11) is 0. The van der Waals surface area contributed by atoms with Gasteiger partial charge in [-0.15, -0.1) is 0 Å². The minimum absolute atomic E-state index is 0.0671. The van der Waals surface area contributed by atoms with Gasteiger partial charge in [0.1, 0.15) is 11.3 Å². The fraction of sp³-hybridized carbons (Fsp3) is 0.632. The molecule has 0 unspecified atom stereocenters. The Balaban J connectivity index is 0.000000174. The Kier molecular flexibility index (Phi) is 8.08. The second-order valence-electron chi connectivity index (χ2n) is 7.07. The number of aromatic hydroxyl groups is 1. The molecule has 3 nitrogen and oxygen atoms in total. The Labute approximate surface area is 147 Å². The minimum Gasteiger partial charge on any atom is -0.507 e. The fourth-order valence-corrected chi connectivity index (χ4v) is 10.4. The summed E-state index contributed by atoms with van der Waals surface area (Å²) in [4.78, 5) is 10.3. The molecule has 0 radical (unpaired) electrons. The molecule has 23 heavy (non-hydrogen) atoms. The number of carbonyl (C=O) groups is 1. The molecule has 0 atom stereocenters. The van der Waals surface area contributed by atoms with Gasteiger partial charge in [-0.25, -0.2) is 4.79 Å². The summed E-state index contributed by atoms with van der Waals surface area (Å²) in [6.45, 7) is 0. The Bertz CT molecular complexity index is 461. The third kappa shape index (κ3) is 6.63. The van der Waals surface area contributed by atoms with Gasteiger partial charge in [-0.1, -0.05) is 12.1 Å². The summed E-state index contributed by atoms with van der Waals surface area (Å²) < 4.78 is 2.62. The molecule has 0 aromatic heterocycles. The van der Waals surface area contributed by atoms with Crippen molar-refractivity contribution in [3.8, 4) is 5.75 Å². The first-order chi connectivity index (χ1) is 11.2. The molecule has 1 aromatic carbocycles. The van der Waals surface area contributed by atoms with Gasteiger partial charge in [0, 0.05) is 0 Å².